The lowest BCUT2D eigenvalue weighted by Crippen LogP contribution is -1.90. The van der Waals surface area contributed by atoms with Crippen LogP contribution in [0.2, 0.25) is 0 Å². The number of hydrogen-bond donors (Lipinski definition) is 0. The summed E-state index contributed by atoms with van der Waals surface area (Å²) in [5.74, 6) is 0. The molecule has 50 valence electrons. The molecule has 0 unspecified atom stereocenters. The smallest absolute Gasteiger partial charge is 0.0398 e. The van der Waals surface area contributed by atoms with Gasteiger partial charge in [0.1, 0.15) is 0 Å². The lowest BCUT2D eigenvalue weighted by molar-refractivity contribution is 1.31. The van der Waals surface area contributed by atoms with Gasteiger partial charge in [-0.05, 0) is 26.3 Å². The average molecular weight is 123 g/mol. The molecule has 9 heavy (non-hydrogen) atoms. The summed E-state index contributed by atoms with van der Waals surface area (Å²) in [7, 11) is 0. The van der Waals surface area contributed by atoms with E-state index >= 15 is 0 Å². The minimum Gasteiger partial charge on any atom is -0.259 e. The van der Waals surface area contributed by atoms with Crippen LogP contribution in [0.15, 0.2) is 29.4 Å². The fourth-order valence-corrected chi connectivity index (χ4v) is 0.382. The predicted molar refractivity (Wildman–Crippen MR) is 42.7 cm³/mol. The Bertz CT molecular complexity index is 163. The minimum atomic E-state index is 0.829. The topological polar surface area (TPSA) is 12.4 Å². The molecule has 0 aliphatic heterocycles. The SMILES string of the molecule is C=C(C)N=C(C)C(=C)C. The highest BCUT2D eigenvalue weighted by Gasteiger charge is 1.88. The van der Waals surface area contributed by atoms with Crippen LogP contribution in [-0.4, -0.2) is 5.71 Å². The summed E-state index contributed by atoms with van der Waals surface area (Å²) in [6, 6.07) is 0. The molecule has 0 amide bonds. The molecule has 0 aromatic rings. The summed E-state index contributed by atoms with van der Waals surface area (Å²) < 4.78 is 0. The van der Waals surface area contributed by atoms with Crippen LogP contribution in [0, 0.1) is 0 Å². The van der Waals surface area contributed by atoms with Gasteiger partial charge in [0.2, 0.25) is 0 Å². The first-order valence-electron chi connectivity index (χ1n) is 2.90. The Morgan fingerprint density at radius 2 is 1.56 bits per heavy atom. The molecule has 0 bridgehead atoms. The zero-order valence-corrected chi connectivity index (χ0v) is 6.36. The third kappa shape index (κ3) is 3.71. The summed E-state index contributed by atoms with van der Waals surface area (Å²) in [6.45, 7) is 13.1. The van der Waals surface area contributed by atoms with Gasteiger partial charge in [0.05, 0.1) is 0 Å². The Morgan fingerprint density at radius 3 is 1.67 bits per heavy atom. The van der Waals surface area contributed by atoms with Gasteiger partial charge in [-0.3, -0.25) is 4.99 Å². The molecular weight excluding hydrogens is 110 g/mol. The quantitative estimate of drug-likeness (QED) is 0.500. The number of aliphatic imine (C=N–C) groups is 1. The van der Waals surface area contributed by atoms with Crippen molar-refractivity contribution in [1.82, 2.24) is 0 Å². The van der Waals surface area contributed by atoms with E-state index in [-0.39, 0.29) is 0 Å². The third-order valence-corrected chi connectivity index (χ3v) is 0.976. The van der Waals surface area contributed by atoms with E-state index in [1.165, 1.54) is 0 Å². The van der Waals surface area contributed by atoms with Gasteiger partial charge >= 0.3 is 0 Å². The van der Waals surface area contributed by atoms with Crippen molar-refractivity contribution in [3.8, 4) is 0 Å². The fraction of sp³-hybridized carbons (Fsp3) is 0.375. The summed E-state index contributed by atoms with van der Waals surface area (Å²) in [6.07, 6.45) is 0. The molecule has 0 fully saturated rings. The van der Waals surface area contributed by atoms with Crippen molar-refractivity contribution in [3.05, 3.63) is 24.4 Å². The Balaban J connectivity index is 4.17. The molecule has 0 rings (SSSR count). The first kappa shape index (κ1) is 8.15. The van der Waals surface area contributed by atoms with Crippen molar-refractivity contribution in [2.24, 2.45) is 4.99 Å². The summed E-state index contributed by atoms with van der Waals surface area (Å²) in [5.41, 5.74) is 2.79. The first-order valence-corrected chi connectivity index (χ1v) is 2.90. The Morgan fingerprint density at radius 1 is 1.11 bits per heavy atom. The van der Waals surface area contributed by atoms with E-state index in [4.69, 9.17) is 0 Å². The Kier molecular flexibility index (Phi) is 2.93. The first-order chi connectivity index (χ1) is 4.04. The molecule has 0 radical (unpaired) electrons. The molecule has 0 heterocycles. The molecule has 1 nitrogen and oxygen atoms in total. The van der Waals surface area contributed by atoms with Gasteiger partial charge in [-0.25, -0.2) is 0 Å². The van der Waals surface area contributed by atoms with Crippen LogP contribution in [0.4, 0.5) is 0 Å². The molecule has 0 saturated heterocycles. The van der Waals surface area contributed by atoms with Gasteiger partial charge in [0.25, 0.3) is 0 Å². The van der Waals surface area contributed by atoms with Crippen LogP contribution in [0.25, 0.3) is 0 Å². The van der Waals surface area contributed by atoms with Gasteiger partial charge in [0, 0.05) is 11.4 Å². The summed E-state index contributed by atoms with van der Waals surface area (Å²) in [5, 5.41) is 0. The van der Waals surface area contributed by atoms with Gasteiger partial charge < -0.3 is 0 Å². The van der Waals surface area contributed by atoms with Gasteiger partial charge in [-0.15, -0.1) is 0 Å². The lowest BCUT2D eigenvalue weighted by Gasteiger charge is -1.95. The average Bonchev–Trinajstić information content (AvgIpc) is 1.63. The zero-order chi connectivity index (χ0) is 7.44. The van der Waals surface area contributed by atoms with E-state index < -0.39 is 0 Å². The largest absolute Gasteiger partial charge is 0.259 e. The third-order valence-electron chi connectivity index (χ3n) is 0.976. The van der Waals surface area contributed by atoms with Crippen LogP contribution >= 0.6 is 0 Å². The summed E-state index contributed by atoms with van der Waals surface area (Å²) >= 11 is 0. The van der Waals surface area contributed by atoms with Gasteiger partial charge in [0.15, 0.2) is 0 Å². The van der Waals surface area contributed by atoms with Gasteiger partial charge in [-0.2, -0.15) is 0 Å². The van der Waals surface area contributed by atoms with Crippen LogP contribution < -0.4 is 0 Å². The highest BCUT2D eigenvalue weighted by Crippen LogP contribution is 1.96. The molecule has 0 aromatic carbocycles. The molecule has 0 saturated carbocycles. The molecule has 0 atom stereocenters. The molecule has 0 aromatic heterocycles. The van der Waals surface area contributed by atoms with E-state index in [1.54, 1.807) is 0 Å². The summed E-state index contributed by atoms with van der Waals surface area (Å²) in [4.78, 5) is 4.10. The van der Waals surface area contributed by atoms with Crippen molar-refractivity contribution in [1.29, 1.82) is 0 Å². The second-order valence-electron chi connectivity index (χ2n) is 2.21. The molecule has 0 N–H and O–H groups in total. The van der Waals surface area contributed by atoms with E-state index in [0.717, 1.165) is 17.0 Å². The van der Waals surface area contributed by atoms with Gasteiger partial charge in [-0.1, -0.05) is 13.2 Å². The maximum absolute atomic E-state index is 4.10. The number of allylic oxidation sites excluding steroid dienone is 2. The van der Waals surface area contributed by atoms with E-state index in [2.05, 4.69) is 18.2 Å². The van der Waals surface area contributed by atoms with Crippen molar-refractivity contribution >= 4 is 5.71 Å². The predicted octanol–water partition coefficient (Wildman–Crippen LogP) is 2.56. The Labute approximate surface area is 56.8 Å². The van der Waals surface area contributed by atoms with E-state index in [9.17, 15) is 0 Å². The number of rotatable bonds is 2. The van der Waals surface area contributed by atoms with Crippen molar-refractivity contribution in [2.75, 3.05) is 0 Å². The second-order valence-corrected chi connectivity index (χ2v) is 2.21. The highest BCUT2D eigenvalue weighted by molar-refractivity contribution is 5.97. The lowest BCUT2D eigenvalue weighted by atomic mass is 10.2. The Hall–Kier alpha value is -0.850. The van der Waals surface area contributed by atoms with Crippen molar-refractivity contribution in [3.63, 3.8) is 0 Å². The van der Waals surface area contributed by atoms with Crippen LogP contribution in [0.3, 0.4) is 0 Å². The molecule has 0 aliphatic rings. The number of nitrogens with zero attached hydrogens (tertiary/aromatic N) is 1. The molecule has 1 heteroatoms. The normalized spacial score (nSPS) is 11.2. The maximum Gasteiger partial charge on any atom is 0.0398 e. The molecule has 0 spiro atoms. The minimum absolute atomic E-state index is 0.829. The van der Waals surface area contributed by atoms with Crippen LogP contribution in [0.1, 0.15) is 20.8 Å². The van der Waals surface area contributed by atoms with E-state index in [1.807, 2.05) is 20.8 Å². The van der Waals surface area contributed by atoms with Crippen molar-refractivity contribution in [2.45, 2.75) is 20.8 Å². The van der Waals surface area contributed by atoms with Crippen LogP contribution in [0.5, 0.6) is 0 Å². The fourth-order valence-electron chi connectivity index (χ4n) is 0.382. The highest BCUT2D eigenvalue weighted by atomic mass is 14.7. The van der Waals surface area contributed by atoms with Crippen LogP contribution in [-0.2, 0) is 0 Å². The monoisotopic (exact) mass is 123 g/mol. The van der Waals surface area contributed by atoms with Crippen molar-refractivity contribution < 1.29 is 0 Å². The maximum atomic E-state index is 4.10. The van der Waals surface area contributed by atoms with E-state index in [0.29, 0.717) is 0 Å². The molecular formula is C8H13N. The zero-order valence-electron chi connectivity index (χ0n) is 6.36. The molecule has 0 aliphatic carbocycles. The number of hydrogen-bond acceptors (Lipinski definition) is 1. The standard InChI is InChI=1S/C8H13N/c1-6(2)8(5)9-7(3)4/h1,3H2,2,4-5H3. The second kappa shape index (κ2) is 3.23.